The second-order valence-electron chi connectivity index (χ2n) is 4.62. The highest BCUT2D eigenvalue weighted by Gasteiger charge is 2.05. The van der Waals surface area contributed by atoms with Crippen molar-refractivity contribution in [2.24, 2.45) is 0 Å². The van der Waals surface area contributed by atoms with Gasteiger partial charge in [-0.25, -0.2) is 4.79 Å². The standard InChI is InChI=1S/C14H12N4O3/c19-14-16-12-5-4-10(7-13(12)17-14)15-8-9-2-1-3-11(6-9)18(20)21/h1-7,15H,8H2,(H2,16,17,19). The summed E-state index contributed by atoms with van der Waals surface area (Å²) in [4.78, 5) is 26.8. The minimum atomic E-state index is -0.417. The normalized spacial score (nSPS) is 10.7. The summed E-state index contributed by atoms with van der Waals surface area (Å²) < 4.78 is 0. The lowest BCUT2D eigenvalue weighted by atomic mass is 10.2. The molecule has 7 nitrogen and oxygen atoms in total. The average molecular weight is 284 g/mol. The zero-order chi connectivity index (χ0) is 14.8. The third-order valence-electron chi connectivity index (χ3n) is 3.13. The van der Waals surface area contributed by atoms with Crippen molar-refractivity contribution in [2.75, 3.05) is 5.32 Å². The van der Waals surface area contributed by atoms with Crippen molar-refractivity contribution in [1.82, 2.24) is 9.97 Å². The first-order valence-electron chi connectivity index (χ1n) is 6.31. The number of fused-ring (bicyclic) bond motifs is 1. The van der Waals surface area contributed by atoms with E-state index in [1.54, 1.807) is 12.1 Å². The second kappa shape index (κ2) is 5.12. The average Bonchev–Trinajstić information content (AvgIpc) is 2.84. The Hall–Kier alpha value is -3.09. The third-order valence-corrected chi connectivity index (χ3v) is 3.13. The molecule has 3 N–H and O–H groups in total. The fourth-order valence-corrected chi connectivity index (χ4v) is 2.13. The lowest BCUT2D eigenvalue weighted by molar-refractivity contribution is -0.384. The molecule has 0 amide bonds. The zero-order valence-corrected chi connectivity index (χ0v) is 10.9. The van der Waals surface area contributed by atoms with E-state index in [0.717, 1.165) is 16.8 Å². The van der Waals surface area contributed by atoms with Gasteiger partial charge in [-0.05, 0) is 23.8 Å². The molecule has 7 heteroatoms. The van der Waals surface area contributed by atoms with Gasteiger partial charge >= 0.3 is 5.69 Å². The molecule has 0 saturated carbocycles. The monoisotopic (exact) mass is 284 g/mol. The van der Waals surface area contributed by atoms with E-state index in [-0.39, 0.29) is 11.4 Å². The van der Waals surface area contributed by atoms with Gasteiger partial charge in [0.15, 0.2) is 0 Å². The number of nitro groups is 1. The molecule has 0 atom stereocenters. The molecular weight excluding hydrogens is 272 g/mol. The van der Waals surface area contributed by atoms with Crippen molar-refractivity contribution in [1.29, 1.82) is 0 Å². The summed E-state index contributed by atoms with van der Waals surface area (Å²) in [5, 5.41) is 13.9. The van der Waals surface area contributed by atoms with Gasteiger partial charge in [0.1, 0.15) is 0 Å². The minimum Gasteiger partial charge on any atom is -0.381 e. The van der Waals surface area contributed by atoms with Crippen LogP contribution in [0.15, 0.2) is 47.3 Å². The molecule has 1 heterocycles. The fraction of sp³-hybridized carbons (Fsp3) is 0.0714. The van der Waals surface area contributed by atoms with Crippen LogP contribution in [0.3, 0.4) is 0 Å². The third kappa shape index (κ3) is 2.76. The first-order valence-corrected chi connectivity index (χ1v) is 6.31. The van der Waals surface area contributed by atoms with Gasteiger partial charge in [-0.2, -0.15) is 0 Å². The number of rotatable bonds is 4. The highest BCUT2D eigenvalue weighted by molar-refractivity contribution is 5.78. The maximum atomic E-state index is 11.2. The quantitative estimate of drug-likeness (QED) is 0.505. The Bertz CT molecular complexity index is 866. The Kier molecular flexibility index (Phi) is 3.15. The van der Waals surface area contributed by atoms with Crippen molar-refractivity contribution >= 4 is 22.4 Å². The van der Waals surface area contributed by atoms with Gasteiger partial charge in [0.25, 0.3) is 5.69 Å². The number of anilines is 1. The molecule has 0 fully saturated rings. The molecule has 3 rings (SSSR count). The van der Waals surface area contributed by atoms with Crippen molar-refractivity contribution in [3.8, 4) is 0 Å². The van der Waals surface area contributed by atoms with Crippen molar-refractivity contribution < 1.29 is 4.92 Å². The van der Waals surface area contributed by atoms with E-state index in [0.29, 0.717) is 12.1 Å². The Balaban J connectivity index is 1.78. The number of nitro benzene ring substituents is 1. The maximum Gasteiger partial charge on any atom is 0.323 e. The van der Waals surface area contributed by atoms with Crippen LogP contribution in [0.1, 0.15) is 5.56 Å². The molecule has 2 aromatic carbocycles. The van der Waals surface area contributed by atoms with Crippen LogP contribution in [0.5, 0.6) is 0 Å². The molecular formula is C14H12N4O3. The molecule has 0 unspecified atom stereocenters. The van der Waals surface area contributed by atoms with Gasteiger partial charge in [0.2, 0.25) is 0 Å². The maximum absolute atomic E-state index is 11.2. The molecule has 0 spiro atoms. The van der Waals surface area contributed by atoms with Crippen LogP contribution in [0, 0.1) is 10.1 Å². The number of nitrogens with zero attached hydrogens (tertiary/aromatic N) is 1. The molecule has 21 heavy (non-hydrogen) atoms. The molecule has 3 aromatic rings. The van der Waals surface area contributed by atoms with Crippen LogP contribution >= 0.6 is 0 Å². The summed E-state index contributed by atoms with van der Waals surface area (Å²) >= 11 is 0. The first-order chi connectivity index (χ1) is 10.1. The van der Waals surface area contributed by atoms with Gasteiger partial charge < -0.3 is 15.3 Å². The Labute approximate surface area is 118 Å². The highest BCUT2D eigenvalue weighted by Crippen LogP contribution is 2.17. The molecule has 0 aliphatic heterocycles. The summed E-state index contributed by atoms with van der Waals surface area (Å²) in [5.74, 6) is 0. The lowest BCUT2D eigenvalue weighted by Gasteiger charge is -2.06. The van der Waals surface area contributed by atoms with Gasteiger partial charge in [-0.3, -0.25) is 10.1 Å². The summed E-state index contributed by atoms with van der Waals surface area (Å²) in [6.07, 6.45) is 0. The van der Waals surface area contributed by atoms with Crippen LogP contribution in [0.25, 0.3) is 11.0 Å². The molecule has 0 saturated heterocycles. The number of nitrogens with one attached hydrogen (secondary N) is 3. The highest BCUT2D eigenvalue weighted by atomic mass is 16.6. The van der Waals surface area contributed by atoms with Crippen molar-refractivity contribution in [3.63, 3.8) is 0 Å². The molecule has 1 aromatic heterocycles. The van der Waals surface area contributed by atoms with E-state index < -0.39 is 4.92 Å². The predicted octanol–water partition coefficient (Wildman–Crippen LogP) is 2.38. The predicted molar refractivity (Wildman–Crippen MR) is 79.3 cm³/mol. The number of hydrogen-bond acceptors (Lipinski definition) is 4. The number of H-pyrrole nitrogens is 2. The minimum absolute atomic E-state index is 0.0692. The summed E-state index contributed by atoms with van der Waals surface area (Å²) in [7, 11) is 0. The van der Waals surface area contributed by atoms with Gasteiger partial charge in [0.05, 0.1) is 16.0 Å². The second-order valence-corrected chi connectivity index (χ2v) is 4.62. The van der Waals surface area contributed by atoms with Crippen molar-refractivity contribution in [3.05, 3.63) is 68.6 Å². The number of aromatic amines is 2. The van der Waals surface area contributed by atoms with Crippen LogP contribution in [-0.2, 0) is 6.54 Å². The fourth-order valence-electron chi connectivity index (χ4n) is 2.13. The van der Waals surface area contributed by atoms with Crippen LogP contribution in [-0.4, -0.2) is 14.9 Å². The van der Waals surface area contributed by atoms with Crippen LogP contribution < -0.4 is 11.0 Å². The zero-order valence-electron chi connectivity index (χ0n) is 10.9. The summed E-state index contributed by atoms with van der Waals surface area (Å²) in [5.41, 5.74) is 2.90. The van der Waals surface area contributed by atoms with E-state index in [2.05, 4.69) is 15.3 Å². The van der Waals surface area contributed by atoms with Gasteiger partial charge in [-0.1, -0.05) is 12.1 Å². The molecule has 0 radical (unpaired) electrons. The first kappa shape index (κ1) is 12.9. The number of benzene rings is 2. The topological polar surface area (TPSA) is 104 Å². The van der Waals surface area contributed by atoms with Crippen molar-refractivity contribution in [2.45, 2.75) is 6.54 Å². The van der Waals surface area contributed by atoms with Gasteiger partial charge in [-0.15, -0.1) is 0 Å². The van der Waals surface area contributed by atoms with E-state index in [1.807, 2.05) is 18.2 Å². The number of imidazole rings is 1. The lowest BCUT2D eigenvalue weighted by Crippen LogP contribution is -2.00. The smallest absolute Gasteiger partial charge is 0.323 e. The van der Waals surface area contributed by atoms with Crippen LogP contribution in [0.4, 0.5) is 11.4 Å². The van der Waals surface area contributed by atoms with E-state index >= 15 is 0 Å². The number of aromatic nitrogens is 2. The van der Waals surface area contributed by atoms with Crippen LogP contribution in [0.2, 0.25) is 0 Å². The molecule has 0 aliphatic rings. The van der Waals surface area contributed by atoms with E-state index in [4.69, 9.17) is 0 Å². The van der Waals surface area contributed by atoms with Gasteiger partial charge in [0, 0.05) is 24.4 Å². The SMILES string of the molecule is O=c1[nH]c2ccc(NCc3cccc([N+](=O)[O-])c3)cc2[nH]1. The molecule has 106 valence electrons. The molecule has 0 bridgehead atoms. The largest absolute Gasteiger partial charge is 0.381 e. The number of non-ortho nitro benzene ring substituents is 1. The summed E-state index contributed by atoms with van der Waals surface area (Å²) in [6.45, 7) is 0.460. The Morgan fingerprint density at radius 1 is 1.10 bits per heavy atom. The molecule has 0 aliphatic carbocycles. The Morgan fingerprint density at radius 2 is 1.90 bits per heavy atom. The van der Waals surface area contributed by atoms with E-state index in [9.17, 15) is 14.9 Å². The summed E-state index contributed by atoms with van der Waals surface area (Å²) in [6, 6.07) is 11.9. The van der Waals surface area contributed by atoms with E-state index in [1.165, 1.54) is 12.1 Å². The Morgan fingerprint density at radius 3 is 2.71 bits per heavy atom. The number of hydrogen-bond donors (Lipinski definition) is 3.